The van der Waals surface area contributed by atoms with E-state index in [4.69, 9.17) is 14.6 Å². The van der Waals surface area contributed by atoms with E-state index in [0.29, 0.717) is 18.9 Å². The molecule has 0 radical (unpaired) electrons. The molecule has 0 saturated carbocycles. The van der Waals surface area contributed by atoms with E-state index in [9.17, 15) is 4.79 Å². The van der Waals surface area contributed by atoms with Gasteiger partial charge in [-0.15, -0.1) is 11.3 Å². The smallest absolute Gasteiger partial charge is 0.308 e. The third-order valence-corrected chi connectivity index (χ3v) is 3.93. The van der Waals surface area contributed by atoms with Gasteiger partial charge in [-0.05, 0) is 31.2 Å². The average Bonchev–Trinajstić information content (AvgIpc) is 2.83. The monoisotopic (exact) mass is 307 g/mol. The van der Waals surface area contributed by atoms with E-state index >= 15 is 0 Å². The first-order chi connectivity index (χ1) is 10.1. The highest BCUT2D eigenvalue weighted by atomic mass is 32.1. The van der Waals surface area contributed by atoms with Crippen LogP contribution in [0.1, 0.15) is 17.5 Å². The number of carboxylic acids is 1. The fourth-order valence-electron chi connectivity index (χ4n) is 1.89. The Morgan fingerprint density at radius 3 is 2.62 bits per heavy atom. The number of aromatic nitrogens is 1. The van der Waals surface area contributed by atoms with Crippen LogP contribution >= 0.6 is 11.3 Å². The lowest BCUT2D eigenvalue weighted by Crippen LogP contribution is -2.01. The highest BCUT2D eigenvalue weighted by molar-refractivity contribution is 7.15. The van der Waals surface area contributed by atoms with Gasteiger partial charge < -0.3 is 14.6 Å². The van der Waals surface area contributed by atoms with Gasteiger partial charge in [0.05, 0.1) is 25.3 Å². The fourth-order valence-corrected chi connectivity index (χ4v) is 2.95. The first kappa shape index (κ1) is 15.5. The molecule has 0 bridgehead atoms. The van der Waals surface area contributed by atoms with E-state index in [0.717, 1.165) is 21.2 Å². The molecular weight excluding hydrogens is 290 g/mol. The van der Waals surface area contributed by atoms with E-state index in [2.05, 4.69) is 4.98 Å². The Kier molecular flexibility index (Phi) is 5.30. The van der Waals surface area contributed by atoms with Gasteiger partial charge in [-0.2, -0.15) is 0 Å². The number of ether oxygens (including phenoxy) is 2. The van der Waals surface area contributed by atoms with Crippen molar-refractivity contribution >= 4 is 17.3 Å². The second-order valence-electron chi connectivity index (χ2n) is 4.35. The molecule has 1 N–H and O–H groups in total. The van der Waals surface area contributed by atoms with Crippen molar-refractivity contribution in [3.05, 3.63) is 34.8 Å². The SMILES string of the molecule is CCOc1ccc(-c2nc(COC)c(CC(=O)O)s2)cc1. The Balaban J connectivity index is 2.28. The lowest BCUT2D eigenvalue weighted by atomic mass is 10.2. The third kappa shape index (κ3) is 4.03. The van der Waals surface area contributed by atoms with Gasteiger partial charge in [0, 0.05) is 17.6 Å². The molecule has 0 saturated heterocycles. The van der Waals surface area contributed by atoms with Crippen molar-refractivity contribution in [3.8, 4) is 16.3 Å². The normalized spacial score (nSPS) is 10.6. The van der Waals surface area contributed by atoms with E-state index in [1.54, 1.807) is 7.11 Å². The molecule has 0 atom stereocenters. The lowest BCUT2D eigenvalue weighted by molar-refractivity contribution is -0.136. The largest absolute Gasteiger partial charge is 0.494 e. The number of hydrogen-bond acceptors (Lipinski definition) is 5. The molecular formula is C15H17NO4S. The Bertz CT molecular complexity index is 607. The van der Waals surface area contributed by atoms with Crippen molar-refractivity contribution in [3.63, 3.8) is 0 Å². The molecule has 1 heterocycles. The van der Waals surface area contributed by atoms with Crippen LogP contribution in [0.4, 0.5) is 0 Å². The topological polar surface area (TPSA) is 68.7 Å². The molecule has 0 unspecified atom stereocenters. The molecule has 0 aliphatic heterocycles. The molecule has 21 heavy (non-hydrogen) atoms. The van der Waals surface area contributed by atoms with Crippen molar-refractivity contribution in [2.75, 3.05) is 13.7 Å². The van der Waals surface area contributed by atoms with E-state index in [1.807, 2.05) is 31.2 Å². The van der Waals surface area contributed by atoms with Gasteiger partial charge in [0.2, 0.25) is 0 Å². The van der Waals surface area contributed by atoms with Crippen molar-refractivity contribution in [2.24, 2.45) is 0 Å². The van der Waals surface area contributed by atoms with Crippen LogP contribution in [0.2, 0.25) is 0 Å². The van der Waals surface area contributed by atoms with Gasteiger partial charge in [-0.1, -0.05) is 0 Å². The molecule has 0 spiro atoms. The van der Waals surface area contributed by atoms with Crippen LogP contribution in [-0.4, -0.2) is 29.8 Å². The van der Waals surface area contributed by atoms with E-state index < -0.39 is 5.97 Å². The molecule has 5 nitrogen and oxygen atoms in total. The number of rotatable bonds is 7. The summed E-state index contributed by atoms with van der Waals surface area (Å²) < 4.78 is 10.5. The molecule has 1 aromatic heterocycles. The van der Waals surface area contributed by atoms with Crippen molar-refractivity contribution in [1.29, 1.82) is 0 Å². The maximum Gasteiger partial charge on any atom is 0.308 e. The van der Waals surface area contributed by atoms with Gasteiger partial charge in [0.15, 0.2) is 0 Å². The summed E-state index contributed by atoms with van der Waals surface area (Å²) in [6.07, 6.45) is -0.0343. The molecule has 2 rings (SSSR count). The summed E-state index contributed by atoms with van der Waals surface area (Å²) in [6.45, 7) is 2.87. The zero-order valence-electron chi connectivity index (χ0n) is 12.0. The molecule has 6 heteroatoms. The van der Waals surface area contributed by atoms with Crippen molar-refractivity contribution in [2.45, 2.75) is 20.0 Å². The summed E-state index contributed by atoms with van der Waals surface area (Å²) in [6, 6.07) is 7.61. The summed E-state index contributed by atoms with van der Waals surface area (Å²) in [7, 11) is 1.57. The van der Waals surface area contributed by atoms with Crippen molar-refractivity contribution < 1.29 is 19.4 Å². The minimum absolute atomic E-state index is 0.0343. The highest BCUT2D eigenvalue weighted by Crippen LogP contribution is 2.30. The van der Waals surface area contributed by atoms with Crippen LogP contribution in [0.5, 0.6) is 5.75 Å². The number of carbonyl (C=O) groups is 1. The van der Waals surface area contributed by atoms with Gasteiger partial charge in [-0.3, -0.25) is 4.79 Å². The Morgan fingerprint density at radius 1 is 1.33 bits per heavy atom. The number of nitrogens with zero attached hydrogens (tertiary/aromatic N) is 1. The molecule has 112 valence electrons. The quantitative estimate of drug-likeness (QED) is 0.851. The summed E-state index contributed by atoms with van der Waals surface area (Å²) >= 11 is 1.39. The third-order valence-electron chi connectivity index (χ3n) is 2.78. The molecule has 0 amide bonds. The molecule has 2 aromatic rings. The van der Waals surface area contributed by atoms with Gasteiger partial charge in [0.25, 0.3) is 0 Å². The number of thiazole rings is 1. The van der Waals surface area contributed by atoms with Crippen LogP contribution in [0.3, 0.4) is 0 Å². The Morgan fingerprint density at radius 2 is 2.05 bits per heavy atom. The Labute approximate surface area is 127 Å². The minimum Gasteiger partial charge on any atom is -0.494 e. The second-order valence-corrected chi connectivity index (χ2v) is 5.43. The highest BCUT2D eigenvalue weighted by Gasteiger charge is 2.15. The summed E-state index contributed by atoms with van der Waals surface area (Å²) in [5, 5.41) is 9.75. The van der Waals surface area contributed by atoms with Crippen LogP contribution in [0, 0.1) is 0 Å². The first-order valence-corrected chi connectivity index (χ1v) is 7.38. The number of aliphatic carboxylic acids is 1. The summed E-state index contributed by atoms with van der Waals surface area (Å²) in [5.74, 6) is -0.0603. The average molecular weight is 307 g/mol. The van der Waals surface area contributed by atoms with E-state index in [-0.39, 0.29) is 6.42 Å². The molecule has 0 aliphatic carbocycles. The van der Waals surface area contributed by atoms with Crippen LogP contribution in [0.15, 0.2) is 24.3 Å². The molecule has 0 aliphatic rings. The van der Waals surface area contributed by atoms with Crippen LogP contribution < -0.4 is 4.74 Å². The molecule has 0 fully saturated rings. The molecule has 1 aromatic carbocycles. The van der Waals surface area contributed by atoms with Crippen LogP contribution in [0.25, 0.3) is 10.6 Å². The van der Waals surface area contributed by atoms with E-state index in [1.165, 1.54) is 11.3 Å². The number of carboxylic acid groups (broad SMARTS) is 1. The van der Waals surface area contributed by atoms with Crippen molar-refractivity contribution in [1.82, 2.24) is 4.98 Å². The first-order valence-electron chi connectivity index (χ1n) is 6.56. The maximum atomic E-state index is 10.9. The maximum absolute atomic E-state index is 10.9. The van der Waals surface area contributed by atoms with Gasteiger partial charge in [-0.25, -0.2) is 4.98 Å². The second kappa shape index (κ2) is 7.19. The Hall–Kier alpha value is -1.92. The predicted octanol–water partition coefficient (Wildman–Crippen LogP) is 2.98. The number of hydrogen-bond donors (Lipinski definition) is 1. The van der Waals surface area contributed by atoms with Gasteiger partial charge in [0.1, 0.15) is 10.8 Å². The summed E-state index contributed by atoms with van der Waals surface area (Å²) in [5.41, 5.74) is 1.63. The summed E-state index contributed by atoms with van der Waals surface area (Å²) in [4.78, 5) is 16.1. The van der Waals surface area contributed by atoms with Crippen LogP contribution in [-0.2, 0) is 22.6 Å². The fraction of sp³-hybridized carbons (Fsp3) is 0.333. The standard InChI is InChI=1S/C15H17NO4S/c1-3-20-11-6-4-10(5-7-11)15-16-12(9-19-2)13(21-15)8-14(17)18/h4-7H,3,8-9H2,1-2H3,(H,17,18). The minimum atomic E-state index is -0.866. The zero-order valence-corrected chi connectivity index (χ0v) is 12.8. The number of methoxy groups -OCH3 is 1. The predicted molar refractivity (Wildman–Crippen MR) is 80.8 cm³/mol. The zero-order chi connectivity index (χ0) is 15.2. The number of benzene rings is 1. The van der Waals surface area contributed by atoms with Gasteiger partial charge >= 0.3 is 5.97 Å². The lowest BCUT2D eigenvalue weighted by Gasteiger charge is -2.02.